The van der Waals surface area contributed by atoms with Crippen LogP contribution in [0.2, 0.25) is 0 Å². The van der Waals surface area contributed by atoms with Gasteiger partial charge in [0.25, 0.3) is 0 Å². The Morgan fingerprint density at radius 2 is 1.92 bits per heavy atom. The minimum Gasteiger partial charge on any atom is -0.315 e. The Kier molecular flexibility index (Phi) is 1.72. The third-order valence-corrected chi connectivity index (χ3v) is 4.16. The lowest BCUT2D eigenvalue weighted by Crippen LogP contribution is -2.57. The van der Waals surface area contributed by atoms with Gasteiger partial charge < -0.3 is 10.6 Å². The molecular weight excluding hydrogens is 160 g/mol. The van der Waals surface area contributed by atoms with Crippen LogP contribution in [0.15, 0.2) is 0 Å². The van der Waals surface area contributed by atoms with E-state index in [4.69, 9.17) is 0 Å². The van der Waals surface area contributed by atoms with E-state index in [0.29, 0.717) is 5.41 Å². The fourth-order valence-corrected chi connectivity index (χ4v) is 2.95. The van der Waals surface area contributed by atoms with Crippen molar-refractivity contribution in [3.63, 3.8) is 0 Å². The number of rotatable bonds is 3. The zero-order valence-corrected chi connectivity index (χ0v) is 8.47. The van der Waals surface area contributed by atoms with Crippen molar-refractivity contribution in [2.24, 2.45) is 17.3 Å². The molecule has 0 spiro atoms. The number of fused-ring (bicyclic) bond motifs is 1. The van der Waals surface area contributed by atoms with E-state index in [9.17, 15) is 0 Å². The maximum atomic E-state index is 3.74. The predicted octanol–water partition coefficient (Wildman–Crippen LogP) is 0.984. The number of nitrogens with one attached hydrogen (secondary N) is 2. The summed E-state index contributed by atoms with van der Waals surface area (Å²) in [4.78, 5) is 0. The molecule has 2 N–H and O–H groups in total. The summed E-state index contributed by atoms with van der Waals surface area (Å²) in [5.41, 5.74) is 0.562. The average Bonchev–Trinajstić information content (AvgIpc) is 2.68. The second kappa shape index (κ2) is 2.71. The molecule has 0 aromatic rings. The van der Waals surface area contributed by atoms with Gasteiger partial charge in [0.1, 0.15) is 0 Å². The van der Waals surface area contributed by atoms with Crippen molar-refractivity contribution < 1.29 is 0 Å². The summed E-state index contributed by atoms with van der Waals surface area (Å²) in [6, 6.07) is 0.862. The van der Waals surface area contributed by atoms with E-state index in [1.165, 1.54) is 38.9 Å². The summed E-state index contributed by atoms with van der Waals surface area (Å²) in [6.07, 6.45) is 4.47. The van der Waals surface area contributed by atoms with Gasteiger partial charge >= 0.3 is 0 Å². The van der Waals surface area contributed by atoms with E-state index in [1.807, 2.05) is 0 Å². The summed E-state index contributed by atoms with van der Waals surface area (Å²) in [5, 5.41) is 7.10. The lowest BCUT2D eigenvalue weighted by atomic mass is 9.84. The van der Waals surface area contributed by atoms with E-state index in [1.54, 1.807) is 0 Å². The molecule has 2 unspecified atom stereocenters. The fraction of sp³-hybridized carbons (Fsp3) is 1.00. The van der Waals surface area contributed by atoms with Crippen LogP contribution in [0, 0.1) is 17.3 Å². The molecule has 1 saturated heterocycles. The SMILES string of the molecule is CC1(CNC2CC3CC3C2)CNC1. The van der Waals surface area contributed by atoms with Crippen LogP contribution in [0.1, 0.15) is 26.2 Å². The van der Waals surface area contributed by atoms with Crippen molar-refractivity contribution in [2.75, 3.05) is 19.6 Å². The minimum absolute atomic E-state index is 0.562. The third kappa shape index (κ3) is 1.50. The molecule has 2 aliphatic carbocycles. The first kappa shape index (κ1) is 8.25. The van der Waals surface area contributed by atoms with E-state index < -0.39 is 0 Å². The largest absolute Gasteiger partial charge is 0.315 e. The van der Waals surface area contributed by atoms with E-state index in [2.05, 4.69) is 17.6 Å². The van der Waals surface area contributed by atoms with Crippen LogP contribution in [0.3, 0.4) is 0 Å². The molecule has 0 amide bonds. The van der Waals surface area contributed by atoms with Crippen LogP contribution in [0.25, 0.3) is 0 Å². The smallest absolute Gasteiger partial charge is 0.00727 e. The molecule has 1 heterocycles. The quantitative estimate of drug-likeness (QED) is 0.676. The van der Waals surface area contributed by atoms with Crippen LogP contribution >= 0.6 is 0 Å². The molecule has 74 valence electrons. The summed E-state index contributed by atoms with van der Waals surface area (Å²) in [5.74, 6) is 2.23. The van der Waals surface area contributed by atoms with Gasteiger partial charge in [0.05, 0.1) is 0 Å². The summed E-state index contributed by atoms with van der Waals surface area (Å²) in [6.45, 7) is 6.02. The molecule has 2 atom stereocenters. The number of hydrogen-bond acceptors (Lipinski definition) is 2. The van der Waals surface area contributed by atoms with Gasteiger partial charge in [-0.1, -0.05) is 6.92 Å². The Balaban J connectivity index is 1.43. The van der Waals surface area contributed by atoms with Crippen molar-refractivity contribution in [1.29, 1.82) is 0 Å². The molecule has 1 aliphatic heterocycles. The van der Waals surface area contributed by atoms with Crippen LogP contribution in [-0.2, 0) is 0 Å². The highest BCUT2D eigenvalue weighted by Gasteiger charge is 2.46. The first-order valence-corrected chi connectivity index (χ1v) is 5.69. The van der Waals surface area contributed by atoms with E-state index in [-0.39, 0.29) is 0 Å². The molecule has 2 nitrogen and oxygen atoms in total. The summed E-state index contributed by atoms with van der Waals surface area (Å²) < 4.78 is 0. The Hall–Kier alpha value is -0.0800. The zero-order valence-electron chi connectivity index (χ0n) is 8.47. The first-order valence-electron chi connectivity index (χ1n) is 5.69. The maximum Gasteiger partial charge on any atom is 0.00727 e. The second-order valence-electron chi connectivity index (χ2n) is 5.72. The molecule has 2 heteroatoms. The van der Waals surface area contributed by atoms with Crippen LogP contribution in [-0.4, -0.2) is 25.7 Å². The standard InChI is InChI=1S/C11H20N2/c1-11(5-12-6-11)7-13-10-3-8-2-9(8)4-10/h8-10,12-13H,2-7H2,1H3. The van der Waals surface area contributed by atoms with Gasteiger partial charge in [-0.05, 0) is 31.1 Å². The van der Waals surface area contributed by atoms with Crippen molar-refractivity contribution >= 4 is 0 Å². The maximum absolute atomic E-state index is 3.74. The molecule has 0 bridgehead atoms. The highest BCUT2D eigenvalue weighted by molar-refractivity contribution is 5.00. The monoisotopic (exact) mass is 180 g/mol. The van der Waals surface area contributed by atoms with Gasteiger partial charge in [-0.15, -0.1) is 0 Å². The molecule has 3 rings (SSSR count). The lowest BCUT2D eigenvalue weighted by Gasteiger charge is -2.40. The topological polar surface area (TPSA) is 24.1 Å². The average molecular weight is 180 g/mol. The Morgan fingerprint density at radius 3 is 2.46 bits per heavy atom. The van der Waals surface area contributed by atoms with E-state index >= 15 is 0 Å². The fourth-order valence-electron chi connectivity index (χ4n) is 2.95. The second-order valence-corrected chi connectivity index (χ2v) is 5.72. The van der Waals surface area contributed by atoms with Gasteiger partial charge in [0.15, 0.2) is 0 Å². The van der Waals surface area contributed by atoms with Crippen molar-refractivity contribution in [2.45, 2.75) is 32.2 Å². The molecule has 2 saturated carbocycles. The molecule has 0 radical (unpaired) electrons. The van der Waals surface area contributed by atoms with Crippen LogP contribution in [0.4, 0.5) is 0 Å². The van der Waals surface area contributed by atoms with Crippen molar-refractivity contribution in [3.05, 3.63) is 0 Å². The van der Waals surface area contributed by atoms with Crippen molar-refractivity contribution in [3.8, 4) is 0 Å². The van der Waals surface area contributed by atoms with Gasteiger partial charge in [0.2, 0.25) is 0 Å². The third-order valence-electron chi connectivity index (χ3n) is 4.16. The Morgan fingerprint density at radius 1 is 1.23 bits per heavy atom. The molecular formula is C11H20N2. The summed E-state index contributed by atoms with van der Waals surface area (Å²) in [7, 11) is 0. The van der Waals surface area contributed by atoms with Crippen molar-refractivity contribution in [1.82, 2.24) is 10.6 Å². The van der Waals surface area contributed by atoms with Gasteiger partial charge in [-0.25, -0.2) is 0 Å². The minimum atomic E-state index is 0.562. The Labute approximate surface area is 80.5 Å². The van der Waals surface area contributed by atoms with Gasteiger partial charge in [-0.3, -0.25) is 0 Å². The van der Waals surface area contributed by atoms with Crippen LogP contribution in [0.5, 0.6) is 0 Å². The van der Waals surface area contributed by atoms with Gasteiger partial charge in [-0.2, -0.15) is 0 Å². The molecule has 3 aliphatic rings. The molecule has 0 aromatic heterocycles. The zero-order chi connectivity index (χ0) is 8.89. The lowest BCUT2D eigenvalue weighted by molar-refractivity contribution is 0.181. The first-order chi connectivity index (χ1) is 6.25. The highest BCUT2D eigenvalue weighted by Crippen LogP contribution is 2.51. The molecule has 0 aromatic carbocycles. The van der Waals surface area contributed by atoms with E-state index in [0.717, 1.165) is 17.9 Å². The normalized spacial score (nSPS) is 45.5. The molecule has 3 fully saturated rings. The predicted molar refractivity (Wildman–Crippen MR) is 53.6 cm³/mol. The highest BCUT2D eigenvalue weighted by atomic mass is 15.0. The number of hydrogen-bond donors (Lipinski definition) is 2. The Bertz CT molecular complexity index is 200. The van der Waals surface area contributed by atoms with Crippen LogP contribution < -0.4 is 10.6 Å². The summed E-state index contributed by atoms with van der Waals surface area (Å²) >= 11 is 0. The molecule has 13 heavy (non-hydrogen) atoms. The van der Waals surface area contributed by atoms with Gasteiger partial charge in [0, 0.05) is 31.1 Å².